The van der Waals surface area contributed by atoms with Crippen molar-refractivity contribution >= 4 is 15.9 Å². The van der Waals surface area contributed by atoms with Crippen LogP contribution in [-0.2, 0) is 19.9 Å². The van der Waals surface area contributed by atoms with E-state index in [2.05, 4.69) is 51.9 Å². The first kappa shape index (κ1) is 16.0. The van der Waals surface area contributed by atoms with Gasteiger partial charge in [-0.25, -0.2) is 0 Å². The van der Waals surface area contributed by atoms with Gasteiger partial charge >= 0.3 is 0 Å². The molecule has 20 heavy (non-hydrogen) atoms. The third-order valence-corrected chi connectivity index (χ3v) is 5.44. The van der Waals surface area contributed by atoms with Crippen LogP contribution in [0.15, 0.2) is 4.47 Å². The summed E-state index contributed by atoms with van der Waals surface area (Å²) in [4.78, 5) is 0. The predicted octanol–water partition coefficient (Wildman–Crippen LogP) is 3.85. The van der Waals surface area contributed by atoms with Crippen LogP contribution in [0.1, 0.15) is 57.3 Å². The number of aromatic nitrogens is 2. The van der Waals surface area contributed by atoms with Gasteiger partial charge in [0.05, 0.1) is 15.9 Å². The van der Waals surface area contributed by atoms with Crippen molar-refractivity contribution in [1.82, 2.24) is 15.1 Å². The second-order valence-corrected chi connectivity index (χ2v) is 6.79. The standard InChI is InChI=1S/C16H28BrN3/c1-4-10-18-14-9-7-6-8-12(14)11-15-16(17)13(5-2)19-20(15)3/h12,14,18H,4-11H2,1-3H3. The maximum absolute atomic E-state index is 4.63. The van der Waals surface area contributed by atoms with Crippen LogP contribution >= 0.6 is 15.9 Å². The lowest BCUT2D eigenvalue weighted by molar-refractivity contribution is 0.258. The van der Waals surface area contributed by atoms with Crippen LogP contribution in [0.2, 0.25) is 0 Å². The van der Waals surface area contributed by atoms with E-state index in [9.17, 15) is 0 Å². The molecular formula is C16H28BrN3. The molecule has 0 amide bonds. The Morgan fingerprint density at radius 3 is 2.70 bits per heavy atom. The molecule has 0 spiro atoms. The van der Waals surface area contributed by atoms with E-state index in [1.165, 1.54) is 48.0 Å². The molecule has 1 aromatic heterocycles. The van der Waals surface area contributed by atoms with Gasteiger partial charge in [0.15, 0.2) is 0 Å². The minimum absolute atomic E-state index is 0.690. The van der Waals surface area contributed by atoms with Gasteiger partial charge in [0, 0.05) is 13.1 Å². The van der Waals surface area contributed by atoms with Crippen molar-refractivity contribution in [3.8, 4) is 0 Å². The number of aryl methyl sites for hydroxylation is 2. The van der Waals surface area contributed by atoms with Crippen LogP contribution in [0.4, 0.5) is 0 Å². The molecule has 3 nitrogen and oxygen atoms in total. The summed E-state index contributed by atoms with van der Waals surface area (Å²) in [5.74, 6) is 0.756. The molecule has 0 aliphatic heterocycles. The SMILES string of the molecule is CCCNC1CCCCC1Cc1c(Br)c(CC)nn1C. The monoisotopic (exact) mass is 341 g/mol. The van der Waals surface area contributed by atoms with E-state index in [0.29, 0.717) is 6.04 Å². The van der Waals surface area contributed by atoms with Gasteiger partial charge in [0.2, 0.25) is 0 Å². The second kappa shape index (κ2) is 7.60. The Morgan fingerprint density at radius 1 is 1.30 bits per heavy atom. The zero-order valence-corrected chi connectivity index (χ0v) is 14.7. The molecule has 1 aliphatic carbocycles. The van der Waals surface area contributed by atoms with Gasteiger partial charge in [-0.05, 0) is 60.5 Å². The van der Waals surface area contributed by atoms with Gasteiger partial charge in [0.25, 0.3) is 0 Å². The fraction of sp³-hybridized carbons (Fsp3) is 0.812. The number of hydrogen-bond donors (Lipinski definition) is 1. The van der Waals surface area contributed by atoms with Gasteiger partial charge in [-0.3, -0.25) is 4.68 Å². The third kappa shape index (κ3) is 3.64. The summed E-state index contributed by atoms with van der Waals surface area (Å²) in [7, 11) is 2.08. The van der Waals surface area contributed by atoms with Crippen molar-refractivity contribution in [2.45, 2.75) is 64.8 Å². The first-order chi connectivity index (χ1) is 9.67. The molecule has 1 N–H and O–H groups in total. The molecule has 114 valence electrons. The molecular weight excluding hydrogens is 314 g/mol. The van der Waals surface area contributed by atoms with E-state index < -0.39 is 0 Å². The first-order valence-electron chi connectivity index (χ1n) is 8.11. The van der Waals surface area contributed by atoms with Crippen molar-refractivity contribution in [2.75, 3.05) is 6.54 Å². The Hall–Kier alpha value is -0.350. The van der Waals surface area contributed by atoms with Gasteiger partial charge in [-0.1, -0.05) is 26.7 Å². The molecule has 0 aromatic carbocycles. The summed E-state index contributed by atoms with van der Waals surface area (Å²) in [5.41, 5.74) is 2.56. The predicted molar refractivity (Wildman–Crippen MR) is 88.0 cm³/mol. The molecule has 2 unspecified atom stereocenters. The number of halogens is 1. The van der Waals surface area contributed by atoms with E-state index in [1.54, 1.807) is 0 Å². The van der Waals surface area contributed by atoms with E-state index in [-0.39, 0.29) is 0 Å². The topological polar surface area (TPSA) is 29.9 Å². The molecule has 1 heterocycles. The van der Waals surface area contributed by atoms with E-state index in [4.69, 9.17) is 0 Å². The van der Waals surface area contributed by atoms with Crippen molar-refractivity contribution in [3.05, 3.63) is 15.9 Å². The van der Waals surface area contributed by atoms with E-state index >= 15 is 0 Å². The zero-order valence-electron chi connectivity index (χ0n) is 13.1. The Balaban J connectivity index is 2.08. The average Bonchev–Trinajstić information content (AvgIpc) is 2.73. The van der Waals surface area contributed by atoms with Crippen LogP contribution in [0.25, 0.3) is 0 Å². The van der Waals surface area contributed by atoms with Gasteiger partial charge in [0.1, 0.15) is 0 Å². The van der Waals surface area contributed by atoms with Crippen molar-refractivity contribution in [2.24, 2.45) is 13.0 Å². The summed E-state index contributed by atoms with van der Waals surface area (Å²) in [6.45, 7) is 5.56. The molecule has 1 aliphatic rings. The summed E-state index contributed by atoms with van der Waals surface area (Å²) in [6, 6.07) is 0.690. The summed E-state index contributed by atoms with van der Waals surface area (Å²) >= 11 is 3.76. The zero-order chi connectivity index (χ0) is 14.5. The largest absolute Gasteiger partial charge is 0.314 e. The smallest absolute Gasteiger partial charge is 0.0766 e. The van der Waals surface area contributed by atoms with Crippen LogP contribution in [-0.4, -0.2) is 22.4 Å². The molecule has 1 aromatic rings. The molecule has 1 saturated carbocycles. The quantitative estimate of drug-likeness (QED) is 0.851. The number of rotatable bonds is 6. The Labute approximate surface area is 131 Å². The molecule has 0 radical (unpaired) electrons. The van der Waals surface area contributed by atoms with Crippen molar-refractivity contribution < 1.29 is 0 Å². The number of nitrogens with one attached hydrogen (secondary N) is 1. The number of nitrogens with zero attached hydrogens (tertiary/aromatic N) is 2. The summed E-state index contributed by atoms with van der Waals surface area (Å²) in [5, 5.41) is 8.39. The average molecular weight is 342 g/mol. The van der Waals surface area contributed by atoms with E-state index in [1.807, 2.05) is 0 Å². The van der Waals surface area contributed by atoms with Crippen LogP contribution in [0.5, 0.6) is 0 Å². The molecule has 0 saturated heterocycles. The summed E-state index contributed by atoms with van der Waals surface area (Å²) < 4.78 is 3.32. The molecule has 4 heteroatoms. The highest BCUT2D eigenvalue weighted by Crippen LogP contribution is 2.31. The molecule has 2 rings (SSSR count). The minimum Gasteiger partial charge on any atom is -0.314 e. The Kier molecular flexibility index (Phi) is 6.09. The van der Waals surface area contributed by atoms with Crippen LogP contribution < -0.4 is 5.32 Å². The molecule has 1 fully saturated rings. The highest BCUT2D eigenvalue weighted by Gasteiger charge is 2.27. The lowest BCUT2D eigenvalue weighted by Crippen LogP contribution is -2.40. The maximum atomic E-state index is 4.63. The summed E-state index contributed by atoms with van der Waals surface area (Å²) in [6.07, 6.45) is 8.80. The third-order valence-electron chi connectivity index (χ3n) is 4.52. The minimum atomic E-state index is 0.690. The van der Waals surface area contributed by atoms with Crippen molar-refractivity contribution in [3.63, 3.8) is 0 Å². The Bertz CT molecular complexity index is 428. The van der Waals surface area contributed by atoms with E-state index in [0.717, 1.165) is 25.3 Å². The van der Waals surface area contributed by atoms with Gasteiger partial charge in [-0.2, -0.15) is 5.10 Å². The van der Waals surface area contributed by atoms with Crippen LogP contribution in [0, 0.1) is 5.92 Å². The normalized spacial score (nSPS) is 23.2. The fourth-order valence-electron chi connectivity index (χ4n) is 3.34. The highest BCUT2D eigenvalue weighted by atomic mass is 79.9. The highest BCUT2D eigenvalue weighted by molar-refractivity contribution is 9.10. The maximum Gasteiger partial charge on any atom is 0.0766 e. The lowest BCUT2D eigenvalue weighted by Gasteiger charge is -2.32. The Morgan fingerprint density at radius 2 is 2.05 bits per heavy atom. The van der Waals surface area contributed by atoms with Gasteiger partial charge < -0.3 is 5.32 Å². The number of hydrogen-bond acceptors (Lipinski definition) is 2. The lowest BCUT2D eigenvalue weighted by atomic mass is 9.81. The van der Waals surface area contributed by atoms with Crippen LogP contribution in [0.3, 0.4) is 0 Å². The first-order valence-corrected chi connectivity index (χ1v) is 8.90. The van der Waals surface area contributed by atoms with Crippen molar-refractivity contribution in [1.29, 1.82) is 0 Å². The molecule has 2 atom stereocenters. The molecule has 0 bridgehead atoms. The second-order valence-electron chi connectivity index (χ2n) is 5.99. The fourth-order valence-corrected chi connectivity index (χ4v) is 4.12. The van der Waals surface area contributed by atoms with Gasteiger partial charge in [-0.15, -0.1) is 0 Å².